The first-order chi connectivity index (χ1) is 12.8. The van der Waals surface area contributed by atoms with Crippen LogP contribution in [0.2, 0.25) is 5.02 Å². The van der Waals surface area contributed by atoms with Crippen LogP contribution >= 0.6 is 11.6 Å². The second-order valence-electron chi connectivity index (χ2n) is 6.16. The highest BCUT2D eigenvalue weighted by atomic mass is 35.5. The standard InChI is InChI=1S/C18H16ClF2N3O3/c1-9(2)8-26-18(25)24-10-5-12(20)16(13(21)6-10)27-14-3-4-22-17-15(14)11(19)7-23-17/h3-7,9H,8H2,1-2H3,(H,22,23)(H,24,25). The summed E-state index contributed by atoms with van der Waals surface area (Å²) >= 11 is 6.06. The Morgan fingerprint density at radius 2 is 2.04 bits per heavy atom. The third kappa shape index (κ3) is 4.28. The molecule has 0 aliphatic carbocycles. The van der Waals surface area contributed by atoms with Gasteiger partial charge < -0.3 is 14.5 Å². The Hall–Kier alpha value is -2.87. The highest BCUT2D eigenvalue weighted by Gasteiger charge is 2.18. The molecule has 0 unspecified atom stereocenters. The van der Waals surface area contributed by atoms with Crippen LogP contribution in [0.1, 0.15) is 13.8 Å². The van der Waals surface area contributed by atoms with E-state index in [2.05, 4.69) is 15.3 Å². The van der Waals surface area contributed by atoms with Crippen molar-refractivity contribution in [1.29, 1.82) is 0 Å². The average molecular weight is 396 g/mol. The Labute approximate surface area is 158 Å². The third-order valence-corrected chi connectivity index (χ3v) is 3.79. The van der Waals surface area contributed by atoms with Gasteiger partial charge in [0.2, 0.25) is 0 Å². The van der Waals surface area contributed by atoms with E-state index in [0.717, 1.165) is 12.1 Å². The molecule has 27 heavy (non-hydrogen) atoms. The zero-order valence-corrected chi connectivity index (χ0v) is 15.2. The maximum Gasteiger partial charge on any atom is 0.411 e. The minimum atomic E-state index is -0.995. The van der Waals surface area contributed by atoms with Gasteiger partial charge in [-0.25, -0.2) is 18.6 Å². The maximum atomic E-state index is 14.4. The summed E-state index contributed by atoms with van der Waals surface area (Å²) in [6, 6.07) is 3.31. The Balaban J connectivity index is 1.83. The van der Waals surface area contributed by atoms with Crippen LogP contribution in [0.15, 0.2) is 30.6 Å². The van der Waals surface area contributed by atoms with Crippen molar-refractivity contribution < 1.29 is 23.0 Å². The number of carbonyl (C=O) groups excluding carboxylic acids is 1. The lowest BCUT2D eigenvalue weighted by atomic mass is 10.2. The zero-order chi connectivity index (χ0) is 19.6. The number of nitrogens with one attached hydrogen (secondary N) is 2. The molecule has 0 atom stereocenters. The molecule has 0 saturated heterocycles. The number of pyridine rings is 1. The molecular formula is C18H16ClF2N3O3. The van der Waals surface area contributed by atoms with Crippen molar-refractivity contribution in [1.82, 2.24) is 9.97 Å². The van der Waals surface area contributed by atoms with E-state index in [1.165, 1.54) is 18.5 Å². The molecule has 9 heteroatoms. The van der Waals surface area contributed by atoms with Crippen LogP contribution in [0, 0.1) is 17.6 Å². The van der Waals surface area contributed by atoms with Gasteiger partial charge in [0.25, 0.3) is 0 Å². The van der Waals surface area contributed by atoms with Crippen molar-refractivity contribution in [2.24, 2.45) is 5.92 Å². The lowest BCUT2D eigenvalue weighted by Gasteiger charge is -2.12. The minimum Gasteiger partial charge on any atom is -0.450 e. The Bertz CT molecular complexity index is 968. The average Bonchev–Trinajstić information content (AvgIpc) is 2.98. The van der Waals surface area contributed by atoms with Crippen molar-refractivity contribution in [2.75, 3.05) is 11.9 Å². The molecule has 6 nitrogen and oxygen atoms in total. The highest BCUT2D eigenvalue weighted by molar-refractivity contribution is 6.36. The summed E-state index contributed by atoms with van der Waals surface area (Å²) < 4.78 is 39.1. The molecule has 1 amide bonds. The topological polar surface area (TPSA) is 76.2 Å². The summed E-state index contributed by atoms with van der Waals surface area (Å²) in [6.45, 7) is 3.92. The van der Waals surface area contributed by atoms with Gasteiger partial charge in [0, 0.05) is 24.5 Å². The van der Waals surface area contributed by atoms with Gasteiger partial charge in [-0.3, -0.25) is 5.32 Å². The number of hydrogen-bond donors (Lipinski definition) is 2. The molecule has 0 spiro atoms. The Kier molecular flexibility index (Phi) is 5.46. The number of H-pyrrole nitrogens is 1. The molecule has 2 aromatic heterocycles. The molecule has 0 bridgehead atoms. The molecule has 0 aliphatic heterocycles. The van der Waals surface area contributed by atoms with E-state index in [-0.39, 0.29) is 24.0 Å². The van der Waals surface area contributed by atoms with Gasteiger partial charge in [-0.2, -0.15) is 0 Å². The smallest absolute Gasteiger partial charge is 0.411 e. The SMILES string of the molecule is CC(C)COC(=O)Nc1cc(F)c(Oc2ccnc3[nH]cc(Cl)c23)c(F)c1. The van der Waals surface area contributed by atoms with Crippen molar-refractivity contribution >= 4 is 34.4 Å². The number of benzene rings is 1. The van der Waals surface area contributed by atoms with Gasteiger partial charge >= 0.3 is 6.09 Å². The van der Waals surface area contributed by atoms with Crippen LogP contribution in [0.4, 0.5) is 19.3 Å². The number of rotatable bonds is 5. The van der Waals surface area contributed by atoms with Gasteiger partial charge in [-0.05, 0) is 12.0 Å². The molecule has 142 valence electrons. The second-order valence-corrected chi connectivity index (χ2v) is 6.56. The predicted molar refractivity (Wildman–Crippen MR) is 97.3 cm³/mol. The van der Waals surface area contributed by atoms with Gasteiger partial charge in [-0.1, -0.05) is 25.4 Å². The first-order valence-corrected chi connectivity index (χ1v) is 8.45. The molecule has 3 rings (SSSR count). The number of aromatic amines is 1. The van der Waals surface area contributed by atoms with E-state index in [1.807, 2.05) is 13.8 Å². The van der Waals surface area contributed by atoms with Crippen LogP contribution in [0.25, 0.3) is 11.0 Å². The summed E-state index contributed by atoms with van der Waals surface area (Å²) in [7, 11) is 0. The highest BCUT2D eigenvalue weighted by Crippen LogP contribution is 2.36. The summed E-state index contributed by atoms with van der Waals surface area (Å²) in [5.74, 6) is -2.34. The molecule has 0 fully saturated rings. The summed E-state index contributed by atoms with van der Waals surface area (Å²) in [6.07, 6.45) is 2.11. The molecule has 0 radical (unpaired) electrons. The van der Waals surface area contributed by atoms with E-state index < -0.39 is 23.5 Å². The van der Waals surface area contributed by atoms with E-state index in [1.54, 1.807) is 0 Å². The number of ether oxygens (including phenoxy) is 2. The number of carbonyl (C=O) groups is 1. The van der Waals surface area contributed by atoms with E-state index in [4.69, 9.17) is 21.1 Å². The number of hydrogen-bond acceptors (Lipinski definition) is 4. The fraction of sp³-hybridized carbons (Fsp3) is 0.222. The number of amides is 1. The van der Waals surface area contributed by atoms with Crippen LogP contribution in [-0.2, 0) is 4.74 Å². The zero-order valence-electron chi connectivity index (χ0n) is 14.5. The number of halogens is 3. The van der Waals surface area contributed by atoms with E-state index in [0.29, 0.717) is 16.1 Å². The summed E-state index contributed by atoms with van der Waals surface area (Å²) in [4.78, 5) is 18.5. The Morgan fingerprint density at radius 3 is 2.70 bits per heavy atom. The summed E-state index contributed by atoms with van der Waals surface area (Å²) in [5, 5.41) is 2.98. The van der Waals surface area contributed by atoms with Crippen LogP contribution < -0.4 is 10.1 Å². The van der Waals surface area contributed by atoms with Gasteiger partial charge in [0.1, 0.15) is 11.4 Å². The quantitative estimate of drug-likeness (QED) is 0.598. The Morgan fingerprint density at radius 1 is 1.33 bits per heavy atom. The fourth-order valence-corrected chi connectivity index (χ4v) is 2.55. The normalized spacial score (nSPS) is 11.0. The number of anilines is 1. The van der Waals surface area contributed by atoms with Crippen molar-refractivity contribution in [3.8, 4) is 11.5 Å². The van der Waals surface area contributed by atoms with Crippen LogP contribution in [0.5, 0.6) is 11.5 Å². The third-order valence-electron chi connectivity index (χ3n) is 3.49. The second kappa shape index (κ2) is 7.79. The molecular weight excluding hydrogens is 380 g/mol. The number of nitrogens with zero attached hydrogens (tertiary/aromatic N) is 1. The monoisotopic (exact) mass is 395 g/mol. The molecule has 0 saturated carbocycles. The van der Waals surface area contributed by atoms with Crippen molar-refractivity contribution in [3.05, 3.63) is 47.2 Å². The number of aromatic nitrogens is 2. The van der Waals surface area contributed by atoms with Crippen LogP contribution in [0.3, 0.4) is 0 Å². The lowest BCUT2D eigenvalue weighted by Crippen LogP contribution is -2.16. The van der Waals surface area contributed by atoms with E-state index in [9.17, 15) is 13.6 Å². The summed E-state index contributed by atoms with van der Waals surface area (Å²) in [5.41, 5.74) is 0.329. The maximum absolute atomic E-state index is 14.4. The molecule has 3 aromatic rings. The fourth-order valence-electron chi connectivity index (χ4n) is 2.31. The minimum absolute atomic E-state index is 0.0920. The first kappa shape index (κ1) is 18.9. The van der Waals surface area contributed by atoms with Gasteiger partial charge in [0.15, 0.2) is 17.4 Å². The molecule has 0 aliphatic rings. The van der Waals surface area contributed by atoms with E-state index >= 15 is 0 Å². The van der Waals surface area contributed by atoms with Crippen LogP contribution in [-0.4, -0.2) is 22.7 Å². The number of fused-ring (bicyclic) bond motifs is 1. The molecule has 2 heterocycles. The first-order valence-electron chi connectivity index (χ1n) is 8.07. The largest absolute Gasteiger partial charge is 0.450 e. The van der Waals surface area contributed by atoms with Crippen molar-refractivity contribution in [3.63, 3.8) is 0 Å². The molecule has 2 N–H and O–H groups in total. The van der Waals surface area contributed by atoms with Crippen molar-refractivity contribution in [2.45, 2.75) is 13.8 Å². The lowest BCUT2D eigenvalue weighted by molar-refractivity contribution is 0.147. The van der Waals surface area contributed by atoms with Gasteiger partial charge in [0.05, 0.1) is 22.7 Å². The molecule has 1 aromatic carbocycles. The van der Waals surface area contributed by atoms with Gasteiger partial charge in [-0.15, -0.1) is 0 Å². The predicted octanol–water partition coefficient (Wildman–Crippen LogP) is 5.49.